The van der Waals surface area contributed by atoms with Crippen molar-refractivity contribution in [1.29, 1.82) is 0 Å². The van der Waals surface area contributed by atoms with E-state index in [9.17, 15) is 14.3 Å². The van der Waals surface area contributed by atoms with E-state index in [1.165, 1.54) is 6.92 Å². The van der Waals surface area contributed by atoms with Crippen molar-refractivity contribution in [3.8, 4) is 28.4 Å². The summed E-state index contributed by atoms with van der Waals surface area (Å²) in [5.74, 6) is 1.89. The Bertz CT molecular complexity index is 1380. The maximum absolute atomic E-state index is 11.3. The van der Waals surface area contributed by atoms with Gasteiger partial charge in [-0.2, -0.15) is 4.99 Å². The van der Waals surface area contributed by atoms with E-state index in [4.69, 9.17) is 14.1 Å². The summed E-state index contributed by atoms with van der Waals surface area (Å²) >= 11 is 1.64. The number of furan rings is 1. The topological polar surface area (TPSA) is 88.6 Å². The summed E-state index contributed by atoms with van der Waals surface area (Å²) in [5, 5.41) is 12.3. The summed E-state index contributed by atoms with van der Waals surface area (Å²) in [6, 6.07) is 24.5. The van der Waals surface area contributed by atoms with Gasteiger partial charge < -0.3 is 14.3 Å². The number of rotatable bonds is 6. The van der Waals surface area contributed by atoms with E-state index in [2.05, 4.69) is 11.4 Å². The molecule has 184 valence electrons. The highest BCUT2D eigenvalue weighted by molar-refractivity contribution is 8.12. The van der Waals surface area contributed by atoms with Gasteiger partial charge in [0.2, 0.25) is 0 Å². The smallest absolute Gasteiger partial charge is 0.335 e. The Labute approximate surface area is 212 Å². The average molecular weight is 506 g/mol. The number of aliphatic imine (C=N–C) groups is 1. The van der Waals surface area contributed by atoms with Gasteiger partial charge in [0.15, 0.2) is 5.69 Å². The number of carboxylic acid groups (broad SMARTS) is 1. The van der Waals surface area contributed by atoms with Crippen molar-refractivity contribution in [2.75, 3.05) is 13.8 Å². The number of hydrogen-bond donors (Lipinski definition) is 2. The van der Waals surface area contributed by atoms with Crippen LogP contribution in [0.15, 0.2) is 88.3 Å². The molecule has 1 aromatic heterocycles. The minimum atomic E-state index is -0.955. The third kappa shape index (κ3) is 5.84. The monoisotopic (exact) mass is 505 g/mol. The van der Waals surface area contributed by atoms with Crippen molar-refractivity contribution in [3.05, 3.63) is 90.0 Å². The van der Waals surface area contributed by atoms with Crippen molar-refractivity contribution >= 4 is 34.3 Å². The van der Waals surface area contributed by atoms with Crippen LogP contribution in [0.1, 0.15) is 22.8 Å². The van der Waals surface area contributed by atoms with Crippen LogP contribution in [0.5, 0.6) is 5.75 Å². The summed E-state index contributed by atoms with van der Waals surface area (Å²) in [6.07, 6.45) is 0. The highest BCUT2D eigenvalue weighted by atomic mass is 32.2. The minimum absolute atomic E-state index is 0.238. The Morgan fingerprint density at radius 3 is 2.50 bits per heavy atom. The van der Waals surface area contributed by atoms with Crippen LogP contribution >= 0.6 is 11.8 Å². The van der Waals surface area contributed by atoms with Crippen LogP contribution in [0.2, 0.25) is 0 Å². The van der Waals surface area contributed by atoms with Crippen LogP contribution in [0.3, 0.4) is 0 Å². The molecule has 4 aromatic rings. The van der Waals surface area contributed by atoms with Crippen LogP contribution in [-0.2, 0) is 5.75 Å². The first-order valence-corrected chi connectivity index (χ1v) is 12.3. The minimum Gasteiger partial charge on any atom is -0.497 e. The van der Waals surface area contributed by atoms with Gasteiger partial charge >= 0.3 is 5.97 Å². The Morgan fingerprint density at radius 1 is 1.06 bits per heavy atom. The van der Waals surface area contributed by atoms with E-state index in [1.54, 1.807) is 43.1 Å². The quantitative estimate of drug-likeness (QED) is 0.295. The molecule has 3 aromatic carbocycles. The molecule has 0 saturated heterocycles. The fourth-order valence-electron chi connectivity index (χ4n) is 3.68. The number of nitrogens with zero attached hydrogens (tertiary/aromatic N) is 1. The van der Waals surface area contributed by atoms with Gasteiger partial charge in [-0.15, -0.1) is 0 Å². The van der Waals surface area contributed by atoms with Gasteiger partial charge in [-0.3, -0.25) is 9.71 Å². The molecule has 0 unspecified atom stereocenters. The van der Waals surface area contributed by atoms with Crippen LogP contribution < -0.4 is 10.1 Å². The zero-order valence-electron chi connectivity index (χ0n) is 19.9. The molecule has 8 heteroatoms. The zero-order valence-corrected chi connectivity index (χ0v) is 20.7. The first-order chi connectivity index (χ1) is 17.5. The first kappa shape index (κ1) is 25.2. The van der Waals surface area contributed by atoms with Gasteiger partial charge in [0.25, 0.3) is 5.17 Å². The largest absolute Gasteiger partial charge is 0.497 e. The molecular formula is C28H26FN2O4S+. The second kappa shape index (κ2) is 11.7. The van der Waals surface area contributed by atoms with Gasteiger partial charge in [0.05, 0.1) is 19.3 Å². The second-order valence-corrected chi connectivity index (χ2v) is 8.78. The molecule has 0 saturated carbocycles. The fourth-order valence-corrected chi connectivity index (χ4v) is 4.58. The van der Waals surface area contributed by atoms with E-state index in [-0.39, 0.29) is 12.2 Å². The summed E-state index contributed by atoms with van der Waals surface area (Å²) in [6.45, 7) is 1.21. The van der Waals surface area contributed by atoms with Crippen LogP contribution in [0.25, 0.3) is 22.6 Å². The summed E-state index contributed by atoms with van der Waals surface area (Å²) in [4.78, 5) is 16.0. The van der Waals surface area contributed by atoms with Crippen molar-refractivity contribution in [2.45, 2.75) is 12.7 Å². The highest BCUT2D eigenvalue weighted by Gasteiger charge is 2.22. The molecule has 0 spiro atoms. The lowest BCUT2D eigenvalue weighted by Crippen LogP contribution is -2.79. The Kier molecular flexibility index (Phi) is 8.20. The Hall–Kier alpha value is -3.88. The number of hydrogen-bond acceptors (Lipinski definition) is 5. The lowest BCUT2D eigenvalue weighted by Gasteiger charge is -2.03. The standard InChI is InChI=1S/C26H20N2O4S.C2H5F/c1-31-20-6-4-5-18(13-20)23-14-19(15-33-26-27-21-7-2-3-8-22(21)28-26)24(32-23)16-9-11-17(12-10-16)25(29)30;1-2-3/h2-14H,15H2,1H3,(H,27,28)(H,29,30);2H2,1H3/p+1. The van der Waals surface area contributed by atoms with E-state index in [0.717, 1.165) is 44.7 Å². The van der Waals surface area contributed by atoms with Crippen molar-refractivity contribution in [3.63, 3.8) is 0 Å². The number of thioether (sulfide) groups is 1. The second-order valence-electron chi connectivity index (χ2n) is 7.79. The van der Waals surface area contributed by atoms with Gasteiger partial charge in [-0.25, -0.2) is 4.79 Å². The van der Waals surface area contributed by atoms with Gasteiger partial charge in [0, 0.05) is 28.5 Å². The van der Waals surface area contributed by atoms with E-state index >= 15 is 0 Å². The molecule has 0 atom stereocenters. The molecule has 6 nitrogen and oxygen atoms in total. The number of aromatic carboxylic acids is 1. The number of nitrogens with two attached hydrogens (primary N) is 1. The number of para-hydroxylation sites is 2. The third-order valence-corrected chi connectivity index (χ3v) is 6.34. The number of carbonyl (C=O) groups is 1. The van der Waals surface area contributed by atoms with Crippen molar-refractivity contribution in [1.82, 2.24) is 0 Å². The maximum atomic E-state index is 11.3. The van der Waals surface area contributed by atoms with Crippen molar-refractivity contribution in [2.24, 2.45) is 4.99 Å². The number of fused-ring (bicyclic) bond motifs is 1. The molecule has 0 aliphatic carbocycles. The number of amidine groups is 1. The summed E-state index contributed by atoms with van der Waals surface area (Å²) < 4.78 is 21.9. The Balaban J connectivity index is 0.000000967. The molecule has 36 heavy (non-hydrogen) atoms. The van der Waals surface area contributed by atoms with E-state index in [0.29, 0.717) is 11.5 Å². The molecule has 1 aliphatic rings. The van der Waals surface area contributed by atoms with E-state index < -0.39 is 5.97 Å². The number of carboxylic acids is 1. The molecular weight excluding hydrogens is 479 g/mol. The molecule has 0 radical (unpaired) electrons. The summed E-state index contributed by atoms with van der Waals surface area (Å²) in [7, 11) is 1.63. The SMILES string of the molecule is CCF.COc1cccc(-c2cc(CSC3=Nc4ccccc4[NH2+]3)c(-c3ccc(C(=O)O)cc3)o2)c1. The molecule has 0 amide bonds. The van der Waals surface area contributed by atoms with Crippen LogP contribution in [0, 0.1) is 0 Å². The van der Waals surface area contributed by atoms with Crippen LogP contribution in [0.4, 0.5) is 15.8 Å². The predicted molar refractivity (Wildman–Crippen MR) is 141 cm³/mol. The predicted octanol–water partition coefficient (Wildman–Crippen LogP) is 6.43. The number of alkyl halides is 1. The fraction of sp³-hybridized carbons (Fsp3) is 0.143. The van der Waals surface area contributed by atoms with E-state index in [1.807, 2.05) is 48.5 Å². The average Bonchev–Trinajstić information content (AvgIpc) is 3.52. The van der Waals surface area contributed by atoms with Gasteiger partial charge in [0.1, 0.15) is 23.0 Å². The molecule has 3 N–H and O–H groups in total. The molecule has 0 fully saturated rings. The number of ether oxygens (including phenoxy) is 1. The highest BCUT2D eigenvalue weighted by Crippen LogP contribution is 2.36. The number of quaternary nitrogens is 1. The third-order valence-electron chi connectivity index (χ3n) is 5.38. The lowest BCUT2D eigenvalue weighted by atomic mass is 10.1. The molecule has 5 rings (SSSR count). The zero-order chi connectivity index (χ0) is 25.5. The van der Waals surface area contributed by atoms with Crippen molar-refractivity contribution < 1.29 is 28.8 Å². The molecule has 2 heterocycles. The lowest BCUT2D eigenvalue weighted by molar-refractivity contribution is -0.432. The molecule has 0 bridgehead atoms. The summed E-state index contributed by atoms with van der Waals surface area (Å²) in [5.41, 5.74) is 5.08. The molecule has 1 aliphatic heterocycles. The number of methoxy groups -OCH3 is 1. The normalized spacial score (nSPS) is 11.8. The van der Waals surface area contributed by atoms with Gasteiger partial charge in [-0.05, 0) is 55.1 Å². The van der Waals surface area contributed by atoms with Crippen LogP contribution in [-0.4, -0.2) is 30.0 Å². The number of halogens is 1. The first-order valence-electron chi connectivity index (χ1n) is 11.3. The van der Waals surface area contributed by atoms with Gasteiger partial charge in [-0.1, -0.05) is 36.4 Å². The Morgan fingerprint density at radius 2 is 1.81 bits per heavy atom. The maximum Gasteiger partial charge on any atom is 0.335 e. The number of benzene rings is 3.